The molecule has 0 unspecified atom stereocenters. The lowest BCUT2D eigenvalue weighted by molar-refractivity contribution is 0.102. The van der Waals surface area contributed by atoms with Gasteiger partial charge in [0.1, 0.15) is 17.1 Å². The van der Waals surface area contributed by atoms with E-state index in [9.17, 15) is 4.79 Å². The van der Waals surface area contributed by atoms with Crippen molar-refractivity contribution in [3.63, 3.8) is 0 Å². The highest BCUT2D eigenvalue weighted by Gasteiger charge is 2.16. The Labute approximate surface area is 173 Å². The third-order valence-electron chi connectivity index (χ3n) is 4.76. The third-order valence-corrected chi connectivity index (χ3v) is 4.76. The number of pyridine rings is 1. The van der Waals surface area contributed by atoms with E-state index < -0.39 is 0 Å². The molecule has 7 nitrogen and oxygen atoms in total. The van der Waals surface area contributed by atoms with Gasteiger partial charge in [0, 0.05) is 17.0 Å². The first-order valence-corrected chi connectivity index (χ1v) is 9.33. The highest BCUT2D eigenvalue weighted by Crippen LogP contribution is 2.28. The van der Waals surface area contributed by atoms with Crippen LogP contribution >= 0.6 is 0 Å². The van der Waals surface area contributed by atoms with Crippen molar-refractivity contribution in [2.24, 2.45) is 0 Å². The summed E-state index contributed by atoms with van der Waals surface area (Å²) in [6, 6.07) is 18.0. The molecule has 7 heteroatoms. The van der Waals surface area contributed by atoms with E-state index in [0.29, 0.717) is 28.5 Å². The van der Waals surface area contributed by atoms with Crippen molar-refractivity contribution < 1.29 is 9.53 Å². The molecule has 1 amide bonds. The second kappa shape index (κ2) is 7.68. The van der Waals surface area contributed by atoms with Crippen LogP contribution in [-0.2, 0) is 0 Å². The molecule has 2 aromatic heterocycles. The summed E-state index contributed by atoms with van der Waals surface area (Å²) >= 11 is 0. The predicted molar refractivity (Wildman–Crippen MR) is 114 cm³/mol. The van der Waals surface area contributed by atoms with Gasteiger partial charge >= 0.3 is 0 Å². The number of amides is 1. The van der Waals surface area contributed by atoms with Crippen LogP contribution in [0.2, 0.25) is 0 Å². The van der Waals surface area contributed by atoms with Crippen molar-refractivity contribution in [3.8, 4) is 17.6 Å². The van der Waals surface area contributed by atoms with Gasteiger partial charge in [0.2, 0.25) is 0 Å². The molecular formula is C23H19N5O2. The number of nitrogens with zero attached hydrogens (tertiary/aromatic N) is 4. The molecule has 2 heterocycles. The van der Waals surface area contributed by atoms with Crippen LogP contribution < -0.4 is 10.1 Å². The third kappa shape index (κ3) is 3.47. The van der Waals surface area contributed by atoms with E-state index in [1.807, 2.05) is 44.2 Å². The van der Waals surface area contributed by atoms with E-state index >= 15 is 0 Å². The fraction of sp³-hybridized carbons (Fsp3) is 0.130. The minimum absolute atomic E-state index is 0.330. The Kier molecular flexibility index (Phi) is 4.90. The average Bonchev–Trinajstić information content (AvgIpc) is 3.13. The first-order valence-electron chi connectivity index (χ1n) is 9.33. The number of nitrogens with one attached hydrogen (secondary N) is 1. The largest absolute Gasteiger partial charge is 0.494 e. The maximum Gasteiger partial charge on any atom is 0.256 e. The van der Waals surface area contributed by atoms with Crippen LogP contribution in [0.4, 0.5) is 5.82 Å². The monoisotopic (exact) mass is 397 g/mol. The Balaban J connectivity index is 1.77. The SMILES string of the molecule is COc1cccc2c(C)cc(-n3nc(C)cc3NC(=O)c3cccc(C#N)c3)nc12. The summed E-state index contributed by atoms with van der Waals surface area (Å²) in [5.41, 5.74) is 3.29. The molecule has 4 rings (SSSR count). The van der Waals surface area contributed by atoms with Crippen molar-refractivity contribution >= 4 is 22.6 Å². The molecule has 0 fully saturated rings. The Hall–Kier alpha value is -4.18. The summed E-state index contributed by atoms with van der Waals surface area (Å²) in [7, 11) is 1.61. The van der Waals surface area contributed by atoms with Crippen LogP contribution in [0, 0.1) is 25.2 Å². The number of nitriles is 1. The van der Waals surface area contributed by atoms with Crippen LogP contribution in [0.3, 0.4) is 0 Å². The number of hydrogen-bond donors (Lipinski definition) is 1. The molecule has 30 heavy (non-hydrogen) atoms. The summed E-state index contributed by atoms with van der Waals surface area (Å²) in [5.74, 6) is 1.39. The molecule has 0 bridgehead atoms. The van der Waals surface area contributed by atoms with E-state index in [1.165, 1.54) is 0 Å². The molecule has 0 saturated heterocycles. The molecule has 0 aliphatic heterocycles. The zero-order valence-corrected chi connectivity index (χ0v) is 16.8. The maximum absolute atomic E-state index is 12.8. The van der Waals surface area contributed by atoms with Crippen LogP contribution in [0.5, 0.6) is 5.75 Å². The van der Waals surface area contributed by atoms with E-state index in [0.717, 1.165) is 22.2 Å². The topological polar surface area (TPSA) is 92.8 Å². The number of fused-ring (bicyclic) bond motifs is 1. The summed E-state index contributed by atoms with van der Waals surface area (Å²) in [5, 5.41) is 17.4. The van der Waals surface area contributed by atoms with Crippen LogP contribution in [0.25, 0.3) is 16.7 Å². The summed E-state index contributed by atoms with van der Waals surface area (Å²) < 4.78 is 7.06. The first kappa shape index (κ1) is 19.2. The van der Waals surface area contributed by atoms with Gasteiger partial charge in [-0.3, -0.25) is 4.79 Å². The molecule has 0 spiro atoms. The Morgan fingerprint density at radius 1 is 1.13 bits per heavy atom. The highest BCUT2D eigenvalue weighted by atomic mass is 16.5. The number of rotatable bonds is 4. The number of ether oxygens (including phenoxy) is 1. The van der Waals surface area contributed by atoms with Crippen LogP contribution in [0.1, 0.15) is 27.2 Å². The summed E-state index contributed by atoms with van der Waals surface area (Å²) in [6.45, 7) is 3.84. The lowest BCUT2D eigenvalue weighted by Gasteiger charge is -2.12. The molecule has 0 aliphatic carbocycles. The number of aryl methyl sites for hydroxylation is 2. The van der Waals surface area contributed by atoms with Crippen molar-refractivity contribution in [1.82, 2.24) is 14.8 Å². The smallest absolute Gasteiger partial charge is 0.256 e. The summed E-state index contributed by atoms with van der Waals surface area (Å²) in [4.78, 5) is 17.5. The maximum atomic E-state index is 12.8. The summed E-state index contributed by atoms with van der Waals surface area (Å²) in [6.07, 6.45) is 0. The van der Waals surface area contributed by atoms with E-state index in [4.69, 9.17) is 15.0 Å². The second-order valence-electron chi connectivity index (χ2n) is 6.88. The molecule has 0 aliphatic rings. The van der Waals surface area contributed by atoms with Crippen molar-refractivity contribution in [2.75, 3.05) is 12.4 Å². The standard InChI is InChI=1S/C23H19N5O2/c1-14-10-20(25-22-18(14)8-5-9-19(22)30-3)28-21(11-15(2)27-28)26-23(29)17-7-4-6-16(12-17)13-24/h4-12H,1-3H3,(H,26,29). The minimum atomic E-state index is -0.330. The van der Waals surface area contributed by atoms with Crippen LogP contribution in [-0.4, -0.2) is 27.8 Å². The molecule has 2 aromatic carbocycles. The Bertz CT molecular complexity index is 1320. The van der Waals surface area contributed by atoms with Crippen molar-refractivity contribution in [2.45, 2.75) is 13.8 Å². The van der Waals surface area contributed by atoms with Gasteiger partial charge in [-0.05, 0) is 49.7 Å². The quantitative estimate of drug-likeness (QED) is 0.558. The number of carbonyl (C=O) groups excluding carboxylic acids is 1. The van der Waals surface area contributed by atoms with Crippen LogP contribution in [0.15, 0.2) is 54.6 Å². The fourth-order valence-electron chi connectivity index (χ4n) is 3.33. The van der Waals surface area contributed by atoms with E-state index in [-0.39, 0.29) is 5.91 Å². The highest BCUT2D eigenvalue weighted by molar-refractivity contribution is 6.04. The molecule has 0 radical (unpaired) electrons. The molecule has 0 saturated carbocycles. The molecular weight excluding hydrogens is 378 g/mol. The van der Waals surface area contributed by atoms with Gasteiger partial charge in [-0.15, -0.1) is 0 Å². The van der Waals surface area contributed by atoms with Crippen molar-refractivity contribution in [1.29, 1.82) is 5.26 Å². The number of aromatic nitrogens is 3. The number of benzene rings is 2. The Morgan fingerprint density at radius 3 is 2.70 bits per heavy atom. The normalized spacial score (nSPS) is 10.6. The number of anilines is 1. The lowest BCUT2D eigenvalue weighted by atomic mass is 10.1. The molecule has 148 valence electrons. The van der Waals surface area contributed by atoms with Gasteiger partial charge in [-0.1, -0.05) is 18.2 Å². The van der Waals surface area contributed by atoms with Gasteiger partial charge in [-0.25, -0.2) is 4.98 Å². The molecule has 4 aromatic rings. The number of methoxy groups -OCH3 is 1. The second-order valence-corrected chi connectivity index (χ2v) is 6.88. The lowest BCUT2D eigenvalue weighted by Crippen LogP contribution is -2.16. The van der Waals surface area contributed by atoms with Crippen molar-refractivity contribution in [3.05, 3.63) is 77.0 Å². The van der Waals surface area contributed by atoms with Gasteiger partial charge in [-0.2, -0.15) is 15.0 Å². The zero-order chi connectivity index (χ0) is 21.3. The number of carbonyl (C=O) groups is 1. The number of para-hydroxylation sites is 1. The van der Waals surface area contributed by atoms with Gasteiger partial charge in [0.15, 0.2) is 5.82 Å². The fourth-order valence-corrected chi connectivity index (χ4v) is 3.33. The van der Waals surface area contributed by atoms with Gasteiger partial charge in [0.25, 0.3) is 5.91 Å². The minimum Gasteiger partial charge on any atom is -0.494 e. The molecule has 0 atom stereocenters. The average molecular weight is 397 g/mol. The van der Waals surface area contributed by atoms with Gasteiger partial charge < -0.3 is 10.1 Å². The Morgan fingerprint density at radius 2 is 1.93 bits per heavy atom. The number of hydrogen-bond acceptors (Lipinski definition) is 5. The molecule has 1 N–H and O–H groups in total. The van der Waals surface area contributed by atoms with E-state index in [2.05, 4.69) is 10.4 Å². The zero-order valence-electron chi connectivity index (χ0n) is 16.8. The van der Waals surface area contributed by atoms with E-state index in [1.54, 1.807) is 42.1 Å². The first-order chi connectivity index (χ1) is 14.5. The predicted octanol–water partition coefficient (Wildman–Crippen LogP) is 4.17. The van der Waals surface area contributed by atoms with Gasteiger partial charge in [0.05, 0.1) is 24.4 Å².